The molecule has 82 valence electrons. The van der Waals surface area contributed by atoms with Gasteiger partial charge in [-0.1, -0.05) is 11.6 Å². The van der Waals surface area contributed by atoms with E-state index in [9.17, 15) is 9.59 Å². The van der Waals surface area contributed by atoms with Crippen LogP contribution in [0.2, 0.25) is 5.15 Å². The van der Waals surface area contributed by atoms with Crippen molar-refractivity contribution in [2.45, 2.75) is 13.3 Å². The van der Waals surface area contributed by atoms with Gasteiger partial charge < -0.3 is 6.16 Å². The molecule has 0 amide bonds. The number of rotatable bonds is 4. The Morgan fingerprint density at radius 1 is 1.56 bits per heavy atom. The summed E-state index contributed by atoms with van der Waals surface area (Å²) in [4.78, 5) is 26.2. The van der Waals surface area contributed by atoms with Crippen LogP contribution in [0.25, 0.3) is 0 Å². The number of pyridine rings is 1. The topological polar surface area (TPSA) is 56.3 Å². The van der Waals surface area contributed by atoms with Gasteiger partial charge in [-0.15, -0.1) is 0 Å². The zero-order valence-corrected chi connectivity index (χ0v) is 9.95. The van der Waals surface area contributed by atoms with Crippen molar-refractivity contribution in [1.29, 1.82) is 0 Å². The van der Waals surface area contributed by atoms with E-state index >= 15 is 0 Å². The maximum Gasteiger partial charge on any atom is 1.00 e. The van der Waals surface area contributed by atoms with Gasteiger partial charge >= 0.3 is 24.8 Å². The number of Topliss-reactive ketones (excluding diaryl/α,β-unsaturated/α-hetero) is 1. The van der Waals surface area contributed by atoms with E-state index in [0.717, 1.165) is 0 Å². The molecule has 0 aromatic carbocycles. The molecular formula is C10H11ClLiNO3. The number of ether oxygens (including phenoxy) is 1. The molecule has 0 bridgehead atoms. The van der Waals surface area contributed by atoms with Crippen molar-refractivity contribution in [3.05, 3.63) is 29.0 Å². The zero-order chi connectivity index (χ0) is 11.3. The first-order chi connectivity index (χ1) is 7.13. The summed E-state index contributed by atoms with van der Waals surface area (Å²) in [5.74, 6) is -0.854. The molecule has 0 saturated heterocycles. The van der Waals surface area contributed by atoms with Crippen molar-refractivity contribution in [1.82, 2.24) is 4.98 Å². The van der Waals surface area contributed by atoms with Gasteiger partial charge in [-0.3, -0.25) is 9.59 Å². The van der Waals surface area contributed by atoms with Gasteiger partial charge in [0.25, 0.3) is 0 Å². The van der Waals surface area contributed by atoms with E-state index in [1.807, 2.05) is 0 Å². The first-order valence-corrected chi connectivity index (χ1v) is 4.81. The number of nitrogens with zero attached hydrogens (tertiary/aromatic N) is 1. The molecule has 1 aromatic rings. The van der Waals surface area contributed by atoms with Crippen molar-refractivity contribution in [2.24, 2.45) is 0 Å². The molecule has 16 heavy (non-hydrogen) atoms. The van der Waals surface area contributed by atoms with E-state index in [-0.39, 0.29) is 44.3 Å². The second-order valence-electron chi connectivity index (χ2n) is 2.77. The number of hydrogen-bond acceptors (Lipinski definition) is 4. The van der Waals surface area contributed by atoms with E-state index in [0.29, 0.717) is 5.56 Å². The standard InChI is InChI=1S/C10H10ClNO3.Li.H/c1-2-15-10(14)6-8(13)7-3-4-12-9(11)5-7;;/h3-5H,2,6H2,1H3;;/q;+1;-1. The molecule has 0 spiro atoms. The molecule has 0 aliphatic carbocycles. The third kappa shape index (κ3) is 4.80. The van der Waals surface area contributed by atoms with Gasteiger partial charge in [0.05, 0.1) is 6.61 Å². The first kappa shape index (κ1) is 15.2. The van der Waals surface area contributed by atoms with Crippen LogP contribution in [-0.4, -0.2) is 23.3 Å². The summed E-state index contributed by atoms with van der Waals surface area (Å²) >= 11 is 5.61. The van der Waals surface area contributed by atoms with Gasteiger partial charge in [-0.25, -0.2) is 4.98 Å². The number of halogens is 1. The van der Waals surface area contributed by atoms with Crippen LogP contribution in [0.1, 0.15) is 25.1 Å². The van der Waals surface area contributed by atoms with Gasteiger partial charge in [0.2, 0.25) is 0 Å². The van der Waals surface area contributed by atoms with E-state index in [4.69, 9.17) is 11.6 Å². The first-order valence-electron chi connectivity index (χ1n) is 4.44. The number of esters is 1. The second kappa shape index (κ2) is 7.45. The number of carbonyl (C=O) groups excluding carboxylic acids is 2. The SMILES string of the molecule is CCOC(=O)CC(=O)c1ccnc(Cl)c1.[H-].[Li+]. The number of carbonyl (C=O) groups is 2. The maximum absolute atomic E-state index is 11.5. The average molecular weight is 236 g/mol. The largest absolute Gasteiger partial charge is 1.00 e. The zero-order valence-electron chi connectivity index (χ0n) is 10.2. The molecule has 1 rings (SSSR count). The van der Waals surface area contributed by atoms with Crippen LogP contribution >= 0.6 is 11.6 Å². The molecule has 0 saturated carbocycles. The predicted octanol–water partition coefficient (Wildman–Crippen LogP) is -1.01. The molecular weight excluding hydrogens is 225 g/mol. The number of hydrogen-bond donors (Lipinski definition) is 0. The fraction of sp³-hybridized carbons (Fsp3) is 0.300. The number of aromatic nitrogens is 1. The van der Waals surface area contributed by atoms with Gasteiger partial charge in [-0.2, -0.15) is 0 Å². The van der Waals surface area contributed by atoms with Gasteiger partial charge in [0.1, 0.15) is 11.6 Å². The fourth-order valence-corrected chi connectivity index (χ4v) is 1.19. The Labute approximate surface area is 112 Å². The normalized spacial score (nSPS) is 9.12. The number of ketones is 1. The quantitative estimate of drug-likeness (QED) is 0.221. The maximum atomic E-state index is 11.5. The van der Waals surface area contributed by atoms with Crippen LogP contribution < -0.4 is 18.9 Å². The van der Waals surface area contributed by atoms with Crippen LogP contribution in [-0.2, 0) is 9.53 Å². The third-order valence-corrected chi connectivity index (χ3v) is 1.87. The molecule has 1 heterocycles. The van der Waals surface area contributed by atoms with E-state index in [2.05, 4.69) is 9.72 Å². The summed E-state index contributed by atoms with van der Waals surface area (Å²) in [5, 5.41) is 0.227. The van der Waals surface area contributed by atoms with E-state index in [1.54, 1.807) is 6.92 Å². The molecule has 0 N–H and O–H groups in total. The van der Waals surface area contributed by atoms with Gasteiger partial charge in [0.15, 0.2) is 5.78 Å². The van der Waals surface area contributed by atoms with Crippen LogP contribution in [0.15, 0.2) is 18.3 Å². The summed E-state index contributed by atoms with van der Waals surface area (Å²) in [5.41, 5.74) is 0.364. The molecule has 1 aromatic heterocycles. The Morgan fingerprint density at radius 3 is 2.81 bits per heavy atom. The third-order valence-electron chi connectivity index (χ3n) is 1.66. The van der Waals surface area contributed by atoms with Crippen LogP contribution in [0.5, 0.6) is 0 Å². The Hall–Kier alpha value is -0.823. The van der Waals surface area contributed by atoms with Crippen molar-refractivity contribution in [2.75, 3.05) is 6.61 Å². The molecule has 0 unspecified atom stereocenters. The summed E-state index contributed by atoms with van der Waals surface area (Å²) in [6.45, 7) is 1.95. The van der Waals surface area contributed by atoms with Crippen molar-refractivity contribution in [3.8, 4) is 0 Å². The molecule has 0 fully saturated rings. The second-order valence-corrected chi connectivity index (χ2v) is 3.16. The monoisotopic (exact) mass is 235 g/mol. The van der Waals surface area contributed by atoms with E-state index < -0.39 is 5.97 Å². The van der Waals surface area contributed by atoms with Crippen molar-refractivity contribution in [3.63, 3.8) is 0 Å². The predicted molar refractivity (Wildman–Crippen MR) is 55.9 cm³/mol. The molecule has 0 atom stereocenters. The van der Waals surface area contributed by atoms with Gasteiger partial charge in [0, 0.05) is 11.8 Å². The minimum Gasteiger partial charge on any atom is -1.00 e. The molecule has 4 nitrogen and oxygen atoms in total. The van der Waals surface area contributed by atoms with Crippen LogP contribution in [0.3, 0.4) is 0 Å². The fourth-order valence-electron chi connectivity index (χ4n) is 1.02. The molecule has 0 aliphatic heterocycles. The van der Waals surface area contributed by atoms with Crippen molar-refractivity contribution >= 4 is 23.4 Å². The Bertz CT molecular complexity index is 390. The summed E-state index contributed by atoms with van der Waals surface area (Å²) in [6.07, 6.45) is 1.15. The Balaban J connectivity index is 0. The van der Waals surface area contributed by atoms with Crippen molar-refractivity contribution < 1.29 is 34.6 Å². The van der Waals surface area contributed by atoms with Crippen LogP contribution in [0.4, 0.5) is 0 Å². The Kier molecular flexibility index (Phi) is 7.07. The molecule has 0 aliphatic rings. The molecule has 6 heteroatoms. The van der Waals surface area contributed by atoms with Crippen LogP contribution in [0, 0.1) is 0 Å². The summed E-state index contributed by atoms with van der Waals surface area (Å²) in [7, 11) is 0. The molecule has 0 radical (unpaired) electrons. The van der Waals surface area contributed by atoms with E-state index in [1.165, 1.54) is 18.3 Å². The van der Waals surface area contributed by atoms with Gasteiger partial charge in [-0.05, 0) is 19.1 Å². The smallest absolute Gasteiger partial charge is 1.00 e. The Morgan fingerprint density at radius 2 is 2.25 bits per heavy atom. The summed E-state index contributed by atoms with van der Waals surface area (Å²) in [6, 6.07) is 2.93. The average Bonchev–Trinajstić information content (AvgIpc) is 2.18. The minimum absolute atomic E-state index is 0. The minimum atomic E-state index is -0.532. The summed E-state index contributed by atoms with van der Waals surface area (Å²) < 4.78 is 4.66.